The van der Waals surface area contributed by atoms with Gasteiger partial charge in [-0.1, -0.05) is 92.6 Å². The summed E-state index contributed by atoms with van der Waals surface area (Å²) in [5.74, 6) is -8.17. The van der Waals surface area contributed by atoms with E-state index in [2.05, 4.69) is 46.9 Å². The lowest BCUT2D eigenvalue weighted by molar-refractivity contribution is -0.135. The molecule has 0 unspecified atom stereocenters. The predicted octanol–water partition coefficient (Wildman–Crippen LogP) is 1.21. The van der Waals surface area contributed by atoms with E-state index in [1.165, 1.54) is 19.4 Å². The van der Waals surface area contributed by atoms with Crippen molar-refractivity contribution in [3.63, 3.8) is 0 Å². The average molecular weight is 1020 g/mol. The number of nitrogens with zero attached hydrogens (tertiary/aromatic N) is 2. The quantitative estimate of drug-likeness (QED) is 0.0360. The SMILES string of the molecule is CCCC[C@H](NC(C)=O)C(=O)N[C@H]1CCC(=O)NCC[C@@H](C(=O)N[C@H](Cc2cccc3ccccc23)C(N)=O)CC(=O)[C@H](CCCN=C(N)N)CC(=O)[C@@H](Cc2ccccc2)NC(=O)[C@H](Cc2cnc[nH]2)NC1=O. The fraction of sp³-hybridized carbons (Fsp3) is 0.453. The van der Waals surface area contributed by atoms with Crippen molar-refractivity contribution in [2.24, 2.45) is 34.0 Å². The van der Waals surface area contributed by atoms with Crippen LogP contribution in [0.3, 0.4) is 0 Å². The van der Waals surface area contributed by atoms with Crippen LogP contribution in [0.2, 0.25) is 0 Å². The Bertz CT molecular complexity index is 2600. The van der Waals surface area contributed by atoms with Gasteiger partial charge in [-0.05, 0) is 60.4 Å². The molecule has 21 heteroatoms. The van der Waals surface area contributed by atoms with Gasteiger partial charge < -0.3 is 54.1 Å². The third kappa shape index (κ3) is 18.3. The summed E-state index contributed by atoms with van der Waals surface area (Å²) in [7, 11) is 0. The third-order valence-corrected chi connectivity index (χ3v) is 12.9. The number of nitrogens with two attached hydrogens (primary N) is 3. The van der Waals surface area contributed by atoms with Crippen LogP contribution >= 0.6 is 0 Å². The average Bonchev–Trinajstić information content (AvgIpc) is 3.89. The number of unbranched alkanes of at least 4 members (excludes halogenated alkanes) is 1. The number of benzene rings is 3. The Kier molecular flexibility index (Phi) is 22.2. The second-order valence-electron chi connectivity index (χ2n) is 18.7. The van der Waals surface area contributed by atoms with Crippen LogP contribution in [0, 0.1) is 11.8 Å². The monoisotopic (exact) mass is 1020 g/mol. The molecule has 5 rings (SSSR count). The van der Waals surface area contributed by atoms with Gasteiger partial charge in [0.25, 0.3) is 0 Å². The van der Waals surface area contributed by atoms with Crippen LogP contribution in [0.1, 0.15) is 94.9 Å². The van der Waals surface area contributed by atoms with Gasteiger partial charge in [-0.15, -0.1) is 0 Å². The molecular weight excluding hydrogens is 949 g/mol. The highest BCUT2D eigenvalue weighted by atomic mass is 16.2. The molecular formula is C53H70N12O9. The van der Waals surface area contributed by atoms with Gasteiger partial charge in [0.2, 0.25) is 41.4 Å². The molecule has 3 aromatic carbocycles. The number of aliphatic imine (C=N–C) groups is 1. The number of fused-ring (bicyclic) bond motifs is 1. The number of guanidine groups is 1. The molecule has 1 aromatic heterocycles. The summed E-state index contributed by atoms with van der Waals surface area (Å²) in [5.41, 5.74) is 18.9. The van der Waals surface area contributed by atoms with E-state index in [1.807, 2.05) is 49.4 Å². The van der Waals surface area contributed by atoms with Gasteiger partial charge in [-0.2, -0.15) is 0 Å². The van der Waals surface area contributed by atoms with E-state index in [1.54, 1.807) is 30.3 Å². The lowest BCUT2D eigenvalue weighted by Crippen LogP contribution is -2.58. The minimum absolute atomic E-state index is 0.00392. The number of primary amides is 1. The van der Waals surface area contributed by atoms with Gasteiger partial charge in [0.05, 0.1) is 12.4 Å². The third-order valence-electron chi connectivity index (χ3n) is 12.9. The summed E-state index contributed by atoms with van der Waals surface area (Å²) in [6.07, 6.45) is 3.17. The van der Waals surface area contributed by atoms with Crippen LogP contribution in [0.25, 0.3) is 10.8 Å². The van der Waals surface area contributed by atoms with Gasteiger partial charge in [-0.3, -0.25) is 48.1 Å². The molecule has 2 heterocycles. The number of carbonyl (C=O) groups excluding carboxylic acids is 9. The summed E-state index contributed by atoms with van der Waals surface area (Å²) >= 11 is 0. The normalized spacial score (nSPS) is 20.2. The molecule has 0 aliphatic carbocycles. The molecule has 13 N–H and O–H groups in total. The van der Waals surface area contributed by atoms with Crippen LogP contribution in [0.4, 0.5) is 0 Å². The summed E-state index contributed by atoms with van der Waals surface area (Å²) < 4.78 is 0. The lowest BCUT2D eigenvalue weighted by atomic mass is 9.84. The number of nitrogens with one attached hydrogen (secondary N) is 7. The Morgan fingerprint density at radius 1 is 0.797 bits per heavy atom. The first-order chi connectivity index (χ1) is 35.5. The number of amides is 7. The zero-order valence-corrected chi connectivity index (χ0v) is 42.0. The van der Waals surface area contributed by atoms with Crippen molar-refractivity contribution in [2.75, 3.05) is 13.1 Å². The van der Waals surface area contributed by atoms with Crippen molar-refractivity contribution in [1.29, 1.82) is 0 Å². The number of aromatic amines is 1. The van der Waals surface area contributed by atoms with Crippen molar-refractivity contribution in [3.8, 4) is 0 Å². The second kappa shape index (κ2) is 28.9. The lowest BCUT2D eigenvalue weighted by Gasteiger charge is -2.27. The van der Waals surface area contributed by atoms with Crippen molar-refractivity contribution in [2.45, 2.75) is 128 Å². The zero-order valence-electron chi connectivity index (χ0n) is 42.0. The molecule has 4 aromatic rings. The molecule has 7 amide bonds. The number of carbonyl (C=O) groups is 9. The van der Waals surface area contributed by atoms with Crippen LogP contribution < -0.4 is 49.1 Å². The van der Waals surface area contributed by atoms with E-state index in [-0.39, 0.29) is 83.3 Å². The summed E-state index contributed by atoms with van der Waals surface area (Å²) in [6.45, 7) is 3.16. The van der Waals surface area contributed by atoms with Crippen molar-refractivity contribution in [3.05, 3.63) is 102 Å². The highest BCUT2D eigenvalue weighted by molar-refractivity contribution is 5.98. The van der Waals surface area contributed by atoms with Crippen LogP contribution in [0.15, 0.2) is 90.3 Å². The van der Waals surface area contributed by atoms with Gasteiger partial charge in [-0.25, -0.2) is 4.98 Å². The van der Waals surface area contributed by atoms with Crippen molar-refractivity contribution >= 4 is 69.6 Å². The fourth-order valence-corrected chi connectivity index (χ4v) is 8.92. The molecule has 1 aliphatic rings. The van der Waals surface area contributed by atoms with E-state index in [9.17, 15) is 43.2 Å². The summed E-state index contributed by atoms with van der Waals surface area (Å²) in [4.78, 5) is 136. The molecule has 0 bridgehead atoms. The standard InChI is InChI=1S/C53H70N12O9/c1-3-4-19-40(61-32(2)66)50(72)62-41-20-21-47(69)58-24-22-37(49(71)64-43(48(54)70)26-35-16-10-15-34-14-8-9-18-39(34)35)28-45(67)36(17-11-23-59-53(55)56)27-46(68)42(25-33-12-6-5-7-13-33)63-52(74)44(65-51(41)73)29-38-30-57-31-60-38/h5-10,12-16,18,30-31,36-37,40-44H,3-4,11,17,19-29H2,1-2H3,(H2,54,70)(H,57,60)(H,58,69)(H,61,66)(H,62,72)(H,63,74)(H,64,71)(H,65,73)(H4,55,56,59)/t36-,37-,40+,41+,42-,43-,44+/m1/s1. The van der Waals surface area contributed by atoms with Crippen molar-refractivity contribution < 1.29 is 43.2 Å². The number of imidazole rings is 1. The Morgan fingerprint density at radius 2 is 1.53 bits per heavy atom. The van der Waals surface area contributed by atoms with Crippen LogP contribution in [-0.4, -0.2) is 112 Å². The Morgan fingerprint density at radius 3 is 2.23 bits per heavy atom. The molecule has 0 saturated carbocycles. The smallest absolute Gasteiger partial charge is 0.243 e. The van der Waals surface area contributed by atoms with Gasteiger partial charge in [0.15, 0.2) is 11.7 Å². The van der Waals surface area contributed by atoms with E-state index < -0.39 is 101 Å². The van der Waals surface area contributed by atoms with E-state index in [0.29, 0.717) is 24.1 Å². The maximum absolute atomic E-state index is 14.7. The summed E-state index contributed by atoms with van der Waals surface area (Å²) in [6, 6.07) is 15.8. The predicted molar refractivity (Wildman–Crippen MR) is 277 cm³/mol. The minimum atomic E-state index is -1.41. The highest BCUT2D eigenvalue weighted by Crippen LogP contribution is 2.24. The first kappa shape index (κ1) is 56.9. The second-order valence-corrected chi connectivity index (χ2v) is 18.7. The topological polar surface area (TPSA) is 345 Å². The van der Waals surface area contributed by atoms with E-state index in [4.69, 9.17) is 17.2 Å². The number of H-pyrrole nitrogens is 1. The maximum Gasteiger partial charge on any atom is 0.243 e. The number of rotatable bonds is 19. The molecule has 0 radical (unpaired) electrons. The Balaban J connectivity index is 1.52. The van der Waals surface area contributed by atoms with Gasteiger partial charge >= 0.3 is 0 Å². The minimum Gasteiger partial charge on any atom is -0.370 e. The number of hydrogen-bond donors (Lipinski definition) is 10. The number of ketones is 2. The van der Waals surface area contributed by atoms with Crippen LogP contribution in [-0.2, 0) is 62.4 Å². The molecule has 396 valence electrons. The molecule has 7 atom stereocenters. The molecule has 1 saturated heterocycles. The Labute approximate surface area is 430 Å². The Hall–Kier alpha value is -7.97. The van der Waals surface area contributed by atoms with Crippen molar-refractivity contribution in [1.82, 2.24) is 41.9 Å². The molecule has 1 fully saturated rings. The van der Waals surface area contributed by atoms with E-state index in [0.717, 1.165) is 16.3 Å². The molecule has 1 aliphatic heterocycles. The summed E-state index contributed by atoms with van der Waals surface area (Å²) in [5, 5.41) is 18.2. The molecule has 74 heavy (non-hydrogen) atoms. The fourth-order valence-electron chi connectivity index (χ4n) is 8.92. The maximum atomic E-state index is 14.7. The molecule has 21 nitrogen and oxygen atoms in total. The molecule has 0 spiro atoms. The van der Waals surface area contributed by atoms with Gasteiger partial charge in [0.1, 0.15) is 30.0 Å². The van der Waals surface area contributed by atoms with Crippen LogP contribution in [0.5, 0.6) is 0 Å². The largest absolute Gasteiger partial charge is 0.370 e. The number of aromatic nitrogens is 2. The van der Waals surface area contributed by atoms with Gasteiger partial charge in [0, 0.05) is 75.8 Å². The highest BCUT2D eigenvalue weighted by Gasteiger charge is 2.35. The van der Waals surface area contributed by atoms with E-state index >= 15 is 0 Å². The first-order valence-electron chi connectivity index (χ1n) is 25.1. The zero-order chi connectivity index (χ0) is 53.6. The number of Topliss-reactive ketones (excluding diaryl/α,β-unsaturated/α-hetero) is 2. The number of hydrogen-bond acceptors (Lipinski definition) is 11. The first-order valence-corrected chi connectivity index (χ1v) is 25.1.